The van der Waals surface area contributed by atoms with Crippen LogP contribution in [0.4, 0.5) is 0 Å². The van der Waals surface area contributed by atoms with Crippen molar-refractivity contribution in [1.29, 1.82) is 0 Å². The Labute approximate surface area is 155 Å². The lowest BCUT2D eigenvalue weighted by Gasteiger charge is -2.41. The molecule has 0 heterocycles. The van der Waals surface area contributed by atoms with Crippen LogP contribution in [0.1, 0.15) is 38.2 Å². The Hall–Kier alpha value is -1.30. The van der Waals surface area contributed by atoms with Gasteiger partial charge in [0.05, 0.1) is 4.90 Å². The third-order valence-electron chi connectivity index (χ3n) is 4.88. The van der Waals surface area contributed by atoms with Gasteiger partial charge >= 0.3 is 0 Å². The molecule has 0 unspecified atom stereocenters. The lowest BCUT2D eigenvalue weighted by atomic mass is 9.85. The minimum atomic E-state index is -3.50. The van der Waals surface area contributed by atoms with Crippen LogP contribution in [-0.2, 0) is 10.0 Å². The maximum Gasteiger partial charge on any atom is 0.240 e. The molecule has 2 aromatic rings. The van der Waals surface area contributed by atoms with E-state index in [1.165, 1.54) is 4.90 Å². The average Bonchev–Trinajstić information content (AvgIpc) is 2.58. The highest BCUT2D eigenvalue weighted by molar-refractivity contribution is 8.00. The molecule has 0 bridgehead atoms. The van der Waals surface area contributed by atoms with Gasteiger partial charge in [-0.05, 0) is 51.0 Å². The molecule has 0 saturated heterocycles. The second kappa shape index (κ2) is 7.52. The van der Waals surface area contributed by atoms with Gasteiger partial charge in [0.25, 0.3) is 0 Å². The van der Waals surface area contributed by atoms with E-state index in [0.717, 1.165) is 31.2 Å². The fourth-order valence-electron chi connectivity index (χ4n) is 3.34. The van der Waals surface area contributed by atoms with E-state index in [1.807, 2.05) is 37.3 Å². The molecular formula is C20H25NO2S2. The summed E-state index contributed by atoms with van der Waals surface area (Å²) in [7, 11) is -3.50. The number of thioether (sulfide) groups is 1. The molecule has 1 N–H and O–H groups in total. The highest BCUT2D eigenvalue weighted by Gasteiger charge is 2.39. The molecule has 1 fully saturated rings. The molecule has 3 nitrogen and oxygen atoms in total. The van der Waals surface area contributed by atoms with Crippen molar-refractivity contribution in [3.05, 3.63) is 60.2 Å². The molecule has 0 radical (unpaired) electrons. The molecule has 0 aliphatic heterocycles. The van der Waals surface area contributed by atoms with Gasteiger partial charge in [-0.15, -0.1) is 11.8 Å². The van der Waals surface area contributed by atoms with Crippen molar-refractivity contribution in [1.82, 2.24) is 4.72 Å². The number of rotatable bonds is 5. The summed E-state index contributed by atoms with van der Waals surface area (Å²) in [5.74, 6) is 0. The monoisotopic (exact) mass is 375 g/mol. The molecule has 2 aromatic carbocycles. The number of aryl methyl sites for hydroxylation is 1. The van der Waals surface area contributed by atoms with Gasteiger partial charge in [0, 0.05) is 15.7 Å². The standard InChI is InChI=1S/C20H25NO2S2/c1-16-11-13-18(14-12-16)25(22,23)21-19-10-6-7-15-20(19,2)24-17-8-4-3-5-9-17/h3-5,8-9,11-14,19,21H,6-7,10,15H2,1-2H3/t19-,20-/m1/s1. The van der Waals surface area contributed by atoms with Crippen LogP contribution in [0.15, 0.2) is 64.4 Å². The van der Waals surface area contributed by atoms with Crippen LogP contribution in [0.5, 0.6) is 0 Å². The van der Waals surface area contributed by atoms with Crippen molar-refractivity contribution in [3.8, 4) is 0 Å². The second-order valence-corrected chi connectivity index (χ2v) is 10.3. The first kappa shape index (κ1) is 18.5. The molecule has 25 heavy (non-hydrogen) atoms. The van der Waals surface area contributed by atoms with Crippen LogP contribution < -0.4 is 4.72 Å². The van der Waals surface area contributed by atoms with Crippen LogP contribution in [-0.4, -0.2) is 19.2 Å². The molecule has 134 valence electrons. The van der Waals surface area contributed by atoms with E-state index in [9.17, 15) is 8.42 Å². The fraction of sp³-hybridized carbons (Fsp3) is 0.400. The summed E-state index contributed by atoms with van der Waals surface area (Å²) < 4.78 is 28.5. The van der Waals surface area contributed by atoms with Gasteiger partial charge < -0.3 is 0 Å². The first-order valence-corrected chi connectivity index (χ1v) is 11.0. The summed E-state index contributed by atoms with van der Waals surface area (Å²) >= 11 is 1.79. The molecule has 0 spiro atoms. The molecule has 1 saturated carbocycles. The molecule has 5 heteroatoms. The van der Waals surface area contributed by atoms with Crippen LogP contribution in [0.2, 0.25) is 0 Å². The van der Waals surface area contributed by atoms with Gasteiger partial charge in [-0.25, -0.2) is 13.1 Å². The van der Waals surface area contributed by atoms with Crippen molar-refractivity contribution >= 4 is 21.8 Å². The largest absolute Gasteiger partial charge is 0.240 e. The van der Waals surface area contributed by atoms with Gasteiger partial charge in [-0.3, -0.25) is 0 Å². The predicted octanol–water partition coefficient (Wildman–Crippen LogP) is 4.77. The van der Waals surface area contributed by atoms with E-state index in [0.29, 0.717) is 4.90 Å². The number of benzene rings is 2. The Morgan fingerprint density at radius 3 is 2.40 bits per heavy atom. The minimum Gasteiger partial charge on any atom is -0.207 e. The summed E-state index contributed by atoms with van der Waals surface area (Å²) in [5.41, 5.74) is 1.06. The number of hydrogen-bond acceptors (Lipinski definition) is 3. The van der Waals surface area contributed by atoms with Gasteiger partial charge in [-0.2, -0.15) is 0 Å². The predicted molar refractivity (Wildman–Crippen MR) is 104 cm³/mol. The lowest BCUT2D eigenvalue weighted by molar-refractivity contribution is 0.343. The third-order valence-corrected chi connectivity index (χ3v) is 7.83. The van der Waals surface area contributed by atoms with Crippen molar-refractivity contribution < 1.29 is 8.42 Å². The Morgan fingerprint density at radius 2 is 1.72 bits per heavy atom. The number of hydrogen-bond donors (Lipinski definition) is 1. The Bertz CT molecular complexity index is 803. The summed E-state index contributed by atoms with van der Waals surface area (Å²) in [6, 6.07) is 17.2. The third kappa shape index (κ3) is 4.46. The zero-order chi connectivity index (χ0) is 17.9. The molecule has 0 aromatic heterocycles. The van der Waals surface area contributed by atoms with Gasteiger partial charge in [0.1, 0.15) is 0 Å². The molecule has 1 aliphatic rings. The lowest BCUT2D eigenvalue weighted by Crippen LogP contribution is -2.50. The van der Waals surface area contributed by atoms with Gasteiger partial charge in [0.15, 0.2) is 0 Å². The summed E-state index contributed by atoms with van der Waals surface area (Å²) in [6.45, 7) is 4.14. The van der Waals surface area contributed by atoms with Crippen LogP contribution >= 0.6 is 11.8 Å². The molecule has 3 rings (SSSR count). The first-order valence-electron chi connectivity index (χ1n) is 8.72. The normalized spacial score (nSPS) is 24.2. The van der Waals surface area contributed by atoms with Gasteiger partial charge in [0.2, 0.25) is 10.0 Å². The van der Waals surface area contributed by atoms with Crippen molar-refractivity contribution in [2.24, 2.45) is 0 Å². The van der Waals surface area contributed by atoms with E-state index in [2.05, 4.69) is 23.8 Å². The highest BCUT2D eigenvalue weighted by atomic mass is 32.2. The highest BCUT2D eigenvalue weighted by Crippen LogP contribution is 2.44. The zero-order valence-corrected chi connectivity index (χ0v) is 16.4. The zero-order valence-electron chi connectivity index (χ0n) is 14.7. The molecule has 1 aliphatic carbocycles. The molecular weight excluding hydrogens is 350 g/mol. The first-order chi connectivity index (χ1) is 11.9. The van der Waals surface area contributed by atoms with E-state index in [4.69, 9.17) is 0 Å². The van der Waals surface area contributed by atoms with Gasteiger partial charge in [-0.1, -0.05) is 48.7 Å². The Morgan fingerprint density at radius 1 is 1.04 bits per heavy atom. The summed E-state index contributed by atoms with van der Waals surface area (Å²) in [6.07, 6.45) is 4.08. The Balaban J connectivity index is 1.82. The van der Waals surface area contributed by atoms with E-state index < -0.39 is 10.0 Å². The van der Waals surface area contributed by atoms with Crippen molar-refractivity contribution in [2.75, 3.05) is 0 Å². The van der Waals surface area contributed by atoms with Crippen LogP contribution in [0.25, 0.3) is 0 Å². The van der Waals surface area contributed by atoms with E-state index in [-0.39, 0.29) is 10.8 Å². The van der Waals surface area contributed by atoms with E-state index in [1.54, 1.807) is 23.9 Å². The van der Waals surface area contributed by atoms with Crippen LogP contribution in [0.3, 0.4) is 0 Å². The Kier molecular flexibility index (Phi) is 5.56. The van der Waals surface area contributed by atoms with Crippen molar-refractivity contribution in [2.45, 2.75) is 60.1 Å². The molecule has 0 amide bonds. The second-order valence-electron chi connectivity index (χ2n) is 6.96. The molecule has 2 atom stereocenters. The maximum absolute atomic E-state index is 12.8. The smallest absolute Gasteiger partial charge is 0.207 e. The van der Waals surface area contributed by atoms with Crippen LogP contribution in [0, 0.1) is 6.92 Å². The fourth-order valence-corrected chi connectivity index (χ4v) is 6.19. The summed E-state index contributed by atoms with van der Waals surface area (Å²) in [4.78, 5) is 1.53. The number of sulfonamides is 1. The average molecular weight is 376 g/mol. The minimum absolute atomic E-state index is 0.0715. The SMILES string of the molecule is Cc1ccc(S(=O)(=O)N[C@@H]2CCCC[C@@]2(C)Sc2ccccc2)cc1. The number of nitrogens with one attached hydrogen (secondary N) is 1. The quantitative estimate of drug-likeness (QED) is 0.819. The van der Waals surface area contributed by atoms with Crippen molar-refractivity contribution in [3.63, 3.8) is 0 Å². The summed E-state index contributed by atoms with van der Waals surface area (Å²) in [5, 5.41) is 0. The topological polar surface area (TPSA) is 46.2 Å². The van der Waals surface area contributed by atoms with E-state index >= 15 is 0 Å². The maximum atomic E-state index is 12.8.